The Bertz CT molecular complexity index is 771. The van der Waals surface area contributed by atoms with Gasteiger partial charge in [0.25, 0.3) is 0 Å². The van der Waals surface area contributed by atoms with E-state index in [-0.39, 0.29) is 18.9 Å². The van der Waals surface area contributed by atoms with Crippen LogP contribution in [-0.2, 0) is 15.0 Å². The minimum absolute atomic E-state index is 0.0458. The Balaban J connectivity index is 1.85. The van der Waals surface area contributed by atoms with E-state index in [1.54, 1.807) is 24.5 Å². The number of aromatic amines is 1. The van der Waals surface area contributed by atoms with Crippen molar-refractivity contribution in [1.29, 1.82) is 0 Å². The molecule has 1 aromatic heterocycles. The van der Waals surface area contributed by atoms with E-state index in [2.05, 4.69) is 9.97 Å². The second-order valence-corrected chi connectivity index (χ2v) is 6.30. The van der Waals surface area contributed by atoms with Crippen LogP contribution in [0.15, 0.2) is 24.5 Å². The number of nitrogens with one attached hydrogen (secondary N) is 1. The number of carbonyl (C=O) groups is 1. The number of halogens is 1. The van der Waals surface area contributed by atoms with E-state index < -0.39 is 21.9 Å². The molecule has 1 unspecified atom stereocenters. The van der Waals surface area contributed by atoms with Crippen molar-refractivity contribution in [3.05, 3.63) is 24.5 Å². The molecule has 0 saturated carbocycles. The van der Waals surface area contributed by atoms with Gasteiger partial charge in [-0.15, -0.1) is 3.89 Å². The van der Waals surface area contributed by atoms with Crippen molar-refractivity contribution in [2.75, 3.05) is 17.2 Å². The molecule has 3 rings (SSSR count). The van der Waals surface area contributed by atoms with Gasteiger partial charge < -0.3 is 9.88 Å². The molecule has 0 spiro atoms. The molecule has 1 aliphatic rings. The molecule has 1 saturated heterocycles. The number of imidazole rings is 1. The van der Waals surface area contributed by atoms with Gasteiger partial charge in [0.2, 0.25) is 5.91 Å². The molecule has 1 fully saturated rings. The first-order valence-electron chi connectivity index (χ1n) is 6.08. The molecule has 106 valence electrons. The predicted octanol–water partition coefficient (Wildman–Crippen LogP) is 1.22. The summed E-state index contributed by atoms with van der Waals surface area (Å²) in [4.78, 5) is 20.4. The lowest BCUT2D eigenvalue weighted by Gasteiger charge is -2.16. The molecule has 1 atom stereocenters. The number of nitrogens with zero attached hydrogens (tertiary/aromatic N) is 2. The SMILES string of the molecule is O=C1CC(CS(=O)(=O)F)CN1c1ccc2nc[nH]c2c1. The Morgan fingerprint density at radius 1 is 1.45 bits per heavy atom. The summed E-state index contributed by atoms with van der Waals surface area (Å²) in [6.45, 7) is 0.210. The highest BCUT2D eigenvalue weighted by Gasteiger charge is 2.33. The quantitative estimate of drug-likeness (QED) is 0.863. The number of hydrogen-bond acceptors (Lipinski definition) is 4. The molecule has 0 aliphatic carbocycles. The summed E-state index contributed by atoms with van der Waals surface area (Å²) < 4.78 is 34.0. The summed E-state index contributed by atoms with van der Waals surface area (Å²) >= 11 is 0. The van der Waals surface area contributed by atoms with E-state index in [0.717, 1.165) is 11.0 Å². The number of carbonyl (C=O) groups excluding carboxylic acids is 1. The first-order valence-corrected chi connectivity index (χ1v) is 7.63. The van der Waals surface area contributed by atoms with Crippen molar-refractivity contribution in [2.45, 2.75) is 6.42 Å². The van der Waals surface area contributed by atoms with Crippen molar-refractivity contribution < 1.29 is 17.1 Å². The number of anilines is 1. The summed E-state index contributed by atoms with van der Waals surface area (Å²) in [6, 6.07) is 5.29. The Hall–Kier alpha value is -1.96. The Labute approximate surface area is 114 Å². The minimum Gasteiger partial charge on any atom is -0.345 e. The average molecular weight is 297 g/mol. The van der Waals surface area contributed by atoms with Crippen molar-refractivity contribution in [1.82, 2.24) is 9.97 Å². The highest BCUT2D eigenvalue weighted by atomic mass is 32.3. The van der Waals surface area contributed by atoms with Gasteiger partial charge in [-0.3, -0.25) is 4.79 Å². The van der Waals surface area contributed by atoms with Crippen LogP contribution < -0.4 is 4.90 Å². The summed E-state index contributed by atoms with van der Waals surface area (Å²) in [5.74, 6) is -1.31. The lowest BCUT2D eigenvalue weighted by molar-refractivity contribution is -0.117. The average Bonchev–Trinajstić information content (AvgIpc) is 2.92. The fourth-order valence-corrected chi connectivity index (χ4v) is 3.30. The summed E-state index contributed by atoms with van der Waals surface area (Å²) in [5.41, 5.74) is 2.23. The standard InChI is InChI=1S/C12H12FN3O3S/c13-20(18,19)6-8-3-12(17)16(5-8)9-1-2-10-11(4-9)15-7-14-10/h1-2,4,7-8H,3,5-6H2,(H,14,15). The number of fused-ring (bicyclic) bond motifs is 1. The number of rotatable bonds is 3. The van der Waals surface area contributed by atoms with Crippen molar-refractivity contribution in [3.63, 3.8) is 0 Å². The molecule has 8 heteroatoms. The van der Waals surface area contributed by atoms with Crippen LogP contribution in [0.1, 0.15) is 6.42 Å². The second-order valence-electron chi connectivity index (χ2n) is 4.88. The molecular weight excluding hydrogens is 285 g/mol. The molecule has 1 aromatic carbocycles. The lowest BCUT2D eigenvalue weighted by atomic mass is 10.1. The highest BCUT2D eigenvalue weighted by Crippen LogP contribution is 2.28. The van der Waals surface area contributed by atoms with E-state index in [1.807, 2.05) is 0 Å². The predicted molar refractivity (Wildman–Crippen MR) is 71.4 cm³/mol. The van der Waals surface area contributed by atoms with Gasteiger partial charge in [-0.05, 0) is 18.2 Å². The summed E-state index contributed by atoms with van der Waals surface area (Å²) in [5, 5.41) is 0. The summed E-state index contributed by atoms with van der Waals surface area (Å²) in [7, 11) is -4.56. The Morgan fingerprint density at radius 3 is 3.00 bits per heavy atom. The largest absolute Gasteiger partial charge is 0.345 e. The van der Waals surface area contributed by atoms with E-state index >= 15 is 0 Å². The number of aromatic nitrogens is 2. The molecule has 2 heterocycles. The lowest BCUT2D eigenvalue weighted by Crippen LogP contribution is -2.25. The first kappa shape index (κ1) is 13.0. The van der Waals surface area contributed by atoms with Crippen LogP contribution in [0.2, 0.25) is 0 Å². The number of amides is 1. The zero-order chi connectivity index (χ0) is 14.3. The second kappa shape index (κ2) is 4.55. The van der Waals surface area contributed by atoms with Gasteiger partial charge in [0.15, 0.2) is 0 Å². The van der Waals surface area contributed by atoms with E-state index in [0.29, 0.717) is 5.69 Å². The first-order chi connectivity index (χ1) is 9.42. The van der Waals surface area contributed by atoms with Gasteiger partial charge in [0.05, 0.1) is 23.1 Å². The van der Waals surface area contributed by atoms with Crippen LogP contribution in [-0.4, -0.2) is 36.6 Å². The van der Waals surface area contributed by atoms with Gasteiger partial charge in [0.1, 0.15) is 0 Å². The van der Waals surface area contributed by atoms with Gasteiger partial charge in [0, 0.05) is 24.6 Å². The smallest absolute Gasteiger partial charge is 0.302 e. The molecule has 20 heavy (non-hydrogen) atoms. The maximum Gasteiger partial charge on any atom is 0.302 e. The molecule has 2 aromatic rings. The van der Waals surface area contributed by atoms with Crippen molar-refractivity contribution >= 4 is 32.9 Å². The Kier molecular flexibility index (Phi) is 2.97. The molecule has 1 amide bonds. The Morgan fingerprint density at radius 2 is 2.25 bits per heavy atom. The number of benzene rings is 1. The van der Waals surface area contributed by atoms with Gasteiger partial charge >= 0.3 is 10.2 Å². The van der Waals surface area contributed by atoms with Crippen molar-refractivity contribution in [2.24, 2.45) is 5.92 Å². The third-order valence-corrected chi connectivity index (χ3v) is 4.22. The maximum absolute atomic E-state index is 12.7. The molecule has 1 aliphatic heterocycles. The molecule has 0 bridgehead atoms. The fourth-order valence-electron chi connectivity index (χ4n) is 2.52. The highest BCUT2D eigenvalue weighted by molar-refractivity contribution is 7.86. The maximum atomic E-state index is 12.7. The molecule has 0 radical (unpaired) electrons. The van der Waals surface area contributed by atoms with Crippen LogP contribution in [0.3, 0.4) is 0 Å². The van der Waals surface area contributed by atoms with Crippen LogP contribution in [0.5, 0.6) is 0 Å². The minimum atomic E-state index is -4.56. The van der Waals surface area contributed by atoms with E-state index in [4.69, 9.17) is 0 Å². The van der Waals surface area contributed by atoms with Crippen LogP contribution >= 0.6 is 0 Å². The van der Waals surface area contributed by atoms with Crippen LogP contribution in [0.25, 0.3) is 11.0 Å². The molecule has 1 N–H and O–H groups in total. The molecule has 6 nitrogen and oxygen atoms in total. The summed E-state index contributed by atoms with van der Waals surface area (Å²) in [6.07, 6.45) is 1.60. The fraction of sp³-hybridized carbons (Fsp3) is 0.333. The third kappa shape index (κ3) is 2.51. The van der Waals surface area contributed by atoms with Gasteiger partial charge in [-0.2, -0.15) is 8.42 Å². The zero-order valence-corrected chi connectivity index (χ0v) is 11.2. The van der Waals surface area contributed by atoms with Crippen LogP contribution in [0.4, 0.5) is 9.57 Å². The van der Waals surface area contributed by atoms with Crippen LogP contribution in [0, 0.1) is 5.92 Å². The van der Waals surface area contributed by atoms with Gasteiger partial charge in [-0.25, -0.2) is 4.98 Å². The van der Waals surface area contributed by atoms with Gasteiger partial charge in [-0.1, -0.05) is 0 Å². The monoisotopic (exact) mass is 297 g/mol. The zero-order valence-electron chi connectivity index (χ0n) is 10.4. The normalized spacial score (nSPS) is 19.9. The molecular formula is C12H12FN3O3S. The third-order valence-electron chi connectivity index (χ3n) is 3.36. The van der Waals surface area contributed by atoms with E-state index in [1.165, 1.54) is 4.90 Å². The number of H-pyrrole nitrogens is 1. The van der Waals surface area contributed by atoms with Crippen molar-refractivity contribution in [3.8, 4) is 0 Å². The van der Waals surface area contributed by atoms with E-state index in [9.17, 15) is 17.1 Å². The topological polar surface area (TPSA) is 83.1 Å². The number of hydrogen-bond donors (Lipinski definition) is 1.